The van der Waals surface area contributed by atoms with Crippen molar-refractivity contribution in [2.45, 2.75) is 82.8 Å². The number of nitrogens with one attached hydrogen (secondary N) is 1. The van der Waals surface area contributed by atoms with Crippen molar-refractivity contribution in [1.29, 1.82) is 0 Å². The predicted octanol–water partition coefficient (Wildman–Crippen LogP) is 2.77. The van der Waals surface area contributed by atoms with Gasteiger partial charge in [-0.2, -0.15) is 0 Å². The lowest BCUT2D eigenvalue weighted by atomic mass is 9.86. The van der Waals surface area contributed by atoms with Crippen molar-refractivity contribution >= 4 is 5.91 Å². The van der Waals surface area contributed by atoms with Gasteiger partial charge in [-0.1, -0.05) is 44.9 Å². The summed E-state index contributed by atoms with van der Waals surface area (Å²) in [5, 5.41) is 12.8. The third-order valence-electron chi connectivity index (χ3n) is 4.58. The van der Waals surface area contributed by atoms with Gasteiger partial charge in [0.2, 0.25) is 5.91 Å². The van der Waals surface area contributed by atoms with Crippen LogP contribution in [0.2, 0.25) is 0 Å². The smallest absolute Gasteiger partial charge is 0.220 e. The lowest BCUT2D eigenvalue weighted by Crippen LogP contribution is -2.45. The molecule has 0 bridgehead atoms. The molecule has 3 heteroatoms. The normalized spacial score (nSPS) is 30.1. The number of hydrogen-bond acceptors (Lipinski definition) is 2. The molecule has 18 heavy (non-hydrogen) atoms. The largest absolute Gasteiger partial charge is 0.391 e. The van der Waals surface area contributed by atoms with Gasteiger partial charge in [-0.05, 0) is 25.2 Å². The van der Waals surface area contributed by atoms with E-state index in [1.807, 2.05) is 0 Å². The molecule has 2 aliphatic carbocycles. The van der Waals surface area contributed by atoms with Crippen LogP contribution in [0, 0.1) is 5.92 Å². The highest BCUT2D eigenvalue weighted by atomic mass is 16.3. The third kappa shape index (κ3) is 4.27. The lowest BCUT2D eigenvalue weighted by molar-refractivity contribution is -0.123. The first kappa shape index (κ1) is 13.9. The van der Waals surface area contributed by atoms with Crippen molar-refractivity contribution in [2.75, 3.05) is 0 Å². The van der Waals surface area contributed by atoms with Gasteiger partial charge in [-0.15, -0.1) is 0 Å². The van der Waals surface area contributed by atoms with E-state index in [0.717, 1.165) is 38.0 Å². The first-order chi connectivity index (χ1) is 8.75. The number of amides is 1. The molecule has 2 saturated carbocycles. The highest BCUT2D eigenvalue weighted by Crippen LogP contribution is 2.27. The molecule has 2 rings (SSSR count). The van der Waals surface area contributed by atoms with Gasteiger partial charge >= 0.3 is 0 Å². The fourth-order valence-electron chi connectivity index (χ4n) is 3.37. The second-order valence-electron chi connectivity index (χ2n) is 6.07. The van der Waals surface area contributed by atoms with Crippen LogP contribution in [0.3, 0.4) is 0 Å². The van der Waals surface area contributed by atoms with E-state index in [-0.39, 0.29) is 18.1 Å². The third-order valence-corrected chi connectivity index (χ3v) is 4.58. The van der Waals surface area contributed by atoms with Crippen molar-refractivity contribution in [3.8, 4) is 0 Å². The minimum absolute atomic E-state index is 0.0117. The van der Waals surface area contributed by atoms with E-state index in [1.165, 1.54) is 32.1 Å². The highest BCUT2D eigenvalue weighted by Gasteiger charge is 2.24. The summed E-state index contributed by atoms with van der Waals surface area (Å²) in [6, 6.07) is 0.0117. The molecule has 2 aliphatic rings. The monoisotopic (exact) mass is 253 g/mol. The Bertz CT molecular complexity index is 261. The molecule has 0 radical (unpaired) electrons. The molecule has 2 atom stereocenters. The van der Waals surface area contributed by atoms with Crippen LogP contribution >= 0.6 is 0 Å². The van der Waals surface area contributed by atoms with Gasteiger partial charge < -0.3 is 10.4 Å². The van der Waals surface area contributed by atoms with E-state index < -0.39 is 0 Å². The van der Waals surface area contributed by atoms with Crippen LogP contribution in [0.25, 0.3) is 0 Å². The molecule has 0 spiro atoms. The van der Waals surface area contributed by atoms with Crippen molar-refractivity contribution in [1.82, 2.24) is 5.32 Å². The van der Waals surface area contributed by atoms with Crippen LogP contribution in [0.15, 0.2) is 0 Å². The molecule has 0 aromatic heterocycles. The zero-order chi connectivity index (χ0) is 12.8. The van der Waals surface area contributed by atoms with Crippen molar-refractivity contribution in [3.05, 3.63) is 0 Å². The van der Waals surface area contributed by atoms with Crippen LogP contribution in [-0.2, 0) is 4.79 Å². The van der Waals surface area contributed by atoms with E-state index in [1.54, 1.807) is 0 Å². The minimum Gasteiger partial charge on any atom is -0.391 e. The predicted molar refractivity (Wildman–Crippen MR) is 72.2 cm³/mol. The summed E-state index contributed by atoms with van der Waals surface area (Å²) in [6.45, 7) is 0. The van der Waals surface area contributed by atoms with Crippen molar-refractivity contribution in [3.63, 3.8) is 0 Å². The number of carbonyl (C=O) groups is 1. The van der Waals surface area contributed by atoms with Crippen LogP contribution in [0.1, 0.15) is 70.6 Å². The second kappa shape index (κ2) is 7.13. The molecule has 1 amide bonds. The minimum atomic E-state index is -0.322. The van der Waals surface area contributed by atoms with Crippen molar-refractivity contribution in [2.24, 2.45) is 5.92 Å². The average molecular weight is 253 g/mol. The van der Waals surface area contributed by atoms with E-state index in [2.05, 4.69) is 5.32 Å². The average Bonchev–Trinajstić information content (AvgIpc) is 2.40. The van der Waals surface area contributed by atoms with Gasteiger partial charge in [0.15, 0.2) is 0 Å². The first-order valence-corrected chi connectivity index (χ1v) is 7.73. The van der Waals surface area contributed by atoms with Gasteiger partial charge in [-0.25, -0.2) is 0 Å². The van der Waals surface area contributed by atoms with Crippen LogP contribution in [-0.4, -0.2) is 23.2 Å². The first-order valence-electron chi connectivity index (χ1n) is 7.73. The second-order valence-corrected chi connectivity index (χ2v) is 6.07. The van der Waals surface area contributed by atoms with Gasteiger partial charge in [0.05, 0.1) is 12.1 Å². The highest BCUT2D eigenvalue weighted by molar-refractivity contribution is 5.76. The Balaban J connectivity index is 1.64. The number of carbonyl (C=O) groups excluding carboxylic acids is 1. The summed E-state index contributed by atoms with van der Waals surface area (Å²) >= 11 is 0. The fourth-order valence-corrected chi connectivity index (χ4v) is 3.37. The lowest BCUT2D eigenvalue weighted by Gasteiger charge is -2.28. The molecule has 0 aliphatic heterocycles. The van der Waals surface area contributed by atoms with Gasteiger partial charge in [0.1, 0.15) is 0 Å². The van der Waals surface area contributed by atoms with E-state index in [9.17, 15) is 9.90 Å². The Labute approximate surface area is 110 Å². The summed E-state index contributed by atoms with van der Waals surface area (Å²) in [7, 11) is 0. The molecule has 0 aromatic rings. The van der Waals surface area contributed by atoms with Gasteiger partial charge in [0.25, 0.3) is 0 Å². The maximum atomic E-state index is 11.9. The molecule has 0 heterocycles. The van der Waals surface area contributed by atoms with Gasteiger partial charge in [-0.3, -0.25) is 4.79 Å². The molecule has 3 nitrogen and oxygen atoms in total. The van der Waals surface area contributed by atoms with Crippen molar-refractivity contribution < 1.29 is 9.90 Å². The number of aliphatic hydroxyl groups excluding tert-OH is 1. The fraction of sp³-hybridized carbons (Fsp3) is 0.933. The molecule has 2 fully saturated rings. The maximum absolute atomic E-state index is 11.9. The Morgan fingerprint density at radius 2 is 1.67 bits per heavy atom. The summed E-state index contributed by atoms with van der Waals surface area (Å²) in [4.78, 5) is 11.9. The number of hydrogen-bond donors (Lipinski definition) is 2. The Kier molecular flexibility index (Phi) is 5.48. The van der Waals surface area contributed by atoms with E-state index in [4.69, 9.17) is 0 Å². The Morgan fingerprint density at radius 3 is 2.39 bits per heavy atom. The molecule has 0 saturated heterocycles. The summed E-state index contributed by atoms with van der Waals surface area (Å²) < 4.78 is 0. The topological polar surface area (TPSA) is 49.3 Å². The quantitative estimate of drug-likeness (QED) is 0.809. The number of rotatable bonds is 4. The Morgan fingerprint density at radius 1 is 1.00 bits per heavy atom. The SMILES string of the molecule is O=C(CCC1CCCCC1)N[C@H]1CCCC[C@@H]1O. The summed E-state index contributed by atoms with van der Waals surface area (Å²) in [6.07, 6.45) is 12.0. The van der Waals surface area contributed by atoms with Crippen LogP contribution in [0.5, 0.6) is 0 Å². The summed E-state index contributed by atoms with van der Waals surface area (Å²) in [5.41, 5.74) is 0. The van der Waals surface area contributed by atoms with Gasteiger partial charge in [0, 0.05) is 6.42 Å². The van der Waals surface area contributed by atoms with Crippen LogP contribution in [0.4, 0.5) is 0 Å². The molecule has 2 N–H and O–H groups in total. The molecule has 0 unspecified atom stereocenters. The zero-order valence-corrected chi connectivity index (χ0v) is 11.4. The standard InChI is InChI=1S/C15H27NO2/c17-14-9-5-4-8-13(14)16-15(18)11-10-12-6-2-1-3-7-12/h12-14,17H,1-11H2,(H,16,18)/t13-,14-/m0/s1. The molecule has 104 valence electrons. The van der Waals surface area contributed by atoms with E-state index >= 15 is 0 Å². The zero-order valence-electron chi connectivity index (χ0n) is 11.4. The Hall–Kier alpha value is -0.570. The van der Waals surface area contributed by atoms with Crippen LogP contribution < -0.4 is 5.32 Å². The molecular formula is C15H27NO2. The molecular weight excluding hydrogens is 226 g/mol. The summed E-state index contributed by atoms with van der Waals surface area (Å²) in [5.74, 6) is 0.910. The van der Waals surface area contributed by atoms with E-state index in [0.29, 0.717) is 6.42 Å². The maximum Gasteiger partial charge on any atom is 0.220 e. The number of aliphatic hydroxyl groups is 1. The molecule has 0 aromatic carbocycles.